The summed E-state index contributed by atoms with van der Waals surface area (Å²) in [5, 5.41) is 6.39. The predicted octanol–water partition coefficient (Wildman–Crippen LogP) is 2.52. The van der Waals surface area contributed by atoms with E-state index in [1.807, 2.05) is 31.2 Å². The van der Waals surface area contributed by atoms with Crippen LogP contribution in [0.1, 0.15) is 18.2 Å². The van der Waals surface area contributed by atoms with Crippen LogP contribution >= 0.6 is 0 Å². The lowest BCUT2D eigenvalue weighted by Gasteiger charge is -2.11. The molecule has 2 aromatic rings. The van der Waals surface area contributed by atoms with Crippen molar-refractivity contribution in [3.63, 3.8) is 0 Å². The van der Waals surface area contributed by atoms with Crippen LogP contribution in [-0.2, 0) is 13.0 Å². The van der Waals surface area contributed by atoms with Crippen LogP contribution in [-0.4, -0.2) is 24.0 Å². The summed E-state index contributed by atoms with van der Waals surface area (Å²) >= 11 is 0. The van der Waals surface area contributed by atoms with Crippen molar-refractivity contribution in [2.24, 2.45) is 4.99 Å². The zero-order valence-electron chi connectivity index (χ0n) is 12.7. The number of nitrogens with one attached hydrogen (secondary N) is 2. The molecule has 0 fully saturated rings. The molecule has 0 aliphatic rings. The zero-order valence-corrected chi connectivity index (χ0v) is 12.7. The molecule has 5 heteroatoms. The first kappa shape index (κ1) is 15.9. The second kappa shape index (κ2) is 8.77. The van der Waals surface area contributed by atoms with Gasteiger partial charge in [0.2, 0.25) is 0 Å². The summed E-state index contributed by atoms with van der Waals surface area (Å²) in [6.07, 6.45) is 2.59. The Bertz CT molecular complexity index is 599. The summed E-state index contributed by atoms with van der Waals surface area (Å²) in [6.45, 7) is 3.79. The van der Waals surface area contributed by atoms with Gasteiger partial charge in [0.05, 0.1) is 6.54 Å². The van der Waals surface area contributed by atoms with E-state index in [4.69, 9.17) is 0 Å². The quantitative estimate of drug-likeness (QED) is 0.636. The number of aromatic nitrogens is 1. The zero-order chi connectivity index (χ0) is 15.6. The molecule has 0 saturated heterocycles. The minimum absolute atomic E-state index is 0.226. The Morgan fingerprint density at radius 2 is 1.95 bits per heavy atom. The molecule has 0 saturated carbocycles. The Labute approximate surface area is 130 Å². The average Bonchev–Trinajstić information content (AvgIpc) is 2.55. The highest BCUT2D eigenvalue weighted by molar-refractivity contribution is 5.79. The molecule has 2 N–H and O–H groups in total. The van der Waals surface area contributed by atoms with Crippen molar-refractivity contribution in [1.82, 2.24) is 15.6 Å². The van der Waals surface area contributed by atoms with Crippen LogP contribution in [0.3, 0.4) is 0 Å². The standard InChI is InChI=1S/C17H21FN4/c1-2-19-17(21-12-10-15-8-5-6-11-20-15)22-13-14-7-3-4-9-16(14)18/h3-9,11H,2,10,12-13H2,1H3,(H2,19,21,22). The van der Waals surface area contributed by atoms with E-state index in [2.05, 4.69) is 20.6 Å². The van der Waals surface area contributed by atoms with E-state index in [1.165, 1.54) is 6.07 Å². The topological polar surface area (TPSA) is 49.3 Å². The van der Waals surface area contributed by atoms with Gasteiger partial charge in [0, 0.05) is 37.0 Å². The van der Waals surface area contributed by atoms with E-state index in [0.717, 1.165) is 25.2 Å². The molecule has 0 aliphatic heterocycles. The van der Waals surface area contributed by atoms with Crippen molar-refractivity contribution < 1.29 is 4.39 Å². The van der Waals surface area contributed by atoms with Gasteiger partial charge < -0.3 is 10.6 Å². The third-order valence-electron chi connectivity index (χ3n) is 3.11. The number of rotatable bonds is 6. The smallest absolute Gasteiger partial charge is 0.191 e. The molecule has 0 spiro atoms. The van der Waals surface area contributed by atoms with E-state index >= 15 is 0 Å². The molecule has 1 heterocycles. The van der Waals surface area contributed by atoms with Crippen LogP contribution in [0.5, 0.6) is 0 Å². The predicted molar refractivity (Wildman–Crippen MR) is 87.2 cm³/mol. The second-order valence-electron chi connectivity index (χ2n) is 4.78. The molecular formula is C17H21FN4. The van der Waals surface area contributed by atoms with E-state index in [9.17, 15) is 4.39 Å². The first-order valence-corrected chi connectivity index (χ1v) is 7.45. The number of halogens is 1. The molecule has 4 nitrogen and oxygen atoms in total. The summed E-state index contributed by atoms with van der Waals surface area (Å²) in [5.41, 5.74) is 1.62. The largest absolute Gasteiger partial charge is 0.357 e. The van der Waals surface area contributed by atoms with Gasteiger partial charge in [-0.15, -0.1) is 0 Å². The molecule has 0 atom stereocenters. The number of hydrogen-bond donors (Lipinski definition) is 2. The van der Waals surface area contributed by atoms with Gasteiger partial charge in [0.25, 0.3) is 0 Å². The Balaban J connectivity index is 1.89. The van der Waals surface area contributed by atoms with Gasteiger partial charge in [-0.05, 0) is 25.1 Å². The molecule has 1 aromatic heterocycles. The van der Waals surface area contributed by atoms with Crippen molar-refractivity contribution in [2.45, 2.75) is 19.9 Å². The van der Waals surface area contributed by atoms with Crippen LogP contribution in [0.25, 0.3) is 0 Å². The lowest BCUT2D eigenvalue weighted by molar-refractivity contribution is 0.610. The van der Waals surface area contributed by atoms with Crippen LogP contribution in [0.15, 0.2) is 53.7 Å². The lowest BCUT2D eigenvalue weighted by atomic mass is 10.2. The SMILES string of the molecule is CCNC(=NCc1ccccc1F)NCCc1ccccn1. The van der Waals surface area contributed by atoms with E-state index in [0.29, 0.717) is 18.1 Å². The number of benzene rings is 1. The van der Waals surface area contributed by atoms with Gasteiger partial charge in [-0.25, -0.2) is 9.38 Å². The Morgan fingerprint density at radius 3 is 2.68 bits per heavy atom. The maximum atomic E-state index is 13.6. The second-order valence-corrected chi connectivity index (χ2v) is 4.78. The van der Waals surface area contributed by atoms with E-state index in [1.54, 1.807) is 18.3 Å². The summed E-state index contributed by atoms with van der Waals surface area (Å²) in [5.74, 6) is 0.456. The fourth-order valence-corrected chi connectivity index (χ4v) is 1.99. The fourth-order valence-electron chi connectivity index (χ4n) is 1.99. The Kier molecular flexibility index (Phi) is 6.36. The van der Waals surface area contributed by atoms with E-state index < -0.39 is 0 Å². The summed E-state index contributed by atoms with van der Waals surface area (Å²) in [7, 11) is 0. The van der Waals surface area contributed by atoms with Crippen LogP contribution in [0.2, 0.25) is 0 Å². The van der Waals surface area contributed by atoms with Crippen molar-refractivity contribution in [1.29, 1.82) is 0 Å². The highest BCUT2D eigenvalue weighted by atomic mass is 19.1. The first-order valence-electron chi connectivity index (χ1n) is 7.45. The highest BCUT2D eigenvalue weighted by Crippen LogP contribution is 2.07. The van der Waals surface area contributed by atoms with Crippen molar-refractivity contribution in [3.05, 3.63) is 65.7 Å². The minimum atomic E-state index is -0.226. The molecule has 0 bridgehead atoms. The van der Waals surface area contributed by atoms with Gasteiger partial charge in [-0.2, -0.15) is 0 Å². The Morgan fingerprint density at radius 1 is 1.14 bits per heavy atom. The normalized spacial score (nSPS) is 11.3. The maximum absolute atomic E-state index is 13.6. The van der Waals surface area contributed by atoms with Crippen LogP contribution < -0.4 is 10.6 Å². The van der Waals surface area contributed by atoms with Gasteiger partial charge >= 0.3 is 0 Å². The average molecular weight is 300 g/mol. The summed E-state index contributed by atoms with van der Waals surface area (Å²) in [6, 6.07) is 12.6. The fraction of sp³-hybridized carbons (Fsp3) is 0.294. The number of pyridine rings is 1. The first-order chi connectivity index (χ1) is 10.8. The van der Waals surface area contributed by atoms with Gasteiger partial charge in [0.15, 0.2) is 5.96 Å². The monoisotopic (exact) mass is 300 g/mol. The molecule has 22 heavy (non-hydrogen) atoms. The van der Waals surface area contributed by atoms with Crippen LogP contribution in [0.4, 0.5) is 4.39 Å². The van der Waals surface area contributed by atoms with Crippen LogP contribution in [0, 0.1) is 5.82 Å². The lowest BCUT2D eigenvalue weighted by Crippen LogP contribution is -2.38. The van der Waals surface area contributed by atoms with Gasteiger partial charge in [-0.1, -0.05) is 24.3 Å². The molecule has 0 aliphatic carbocycles. The number of nitrogens with zero attached hydrogens (tertiary/aromatic N) is 2. The molecular weight excluding hydrogens is 279 g/mol. The molecule has 0 amide bonds. The minimum Gasteiger partial charge on any atom is -0.357 e. The molecule has 2 rings (SSSR count). The summed E-state index contributed by atoms with van der Waals surface area (Å²) < 4.78 is 13.6. The number of hydrogen-bond acceptors (Lipinski definition) is 2. The maximum Gasteiger partial charge on any atom is 0.191 e. The van der Waals surface area contributed by atoms with Gasteiger partial charge in [0.1, 0.15) is 5.82 Å². The van der Waals surface area contributed by atoms with Crippen molar-refractivity contribution in [2.75, 3.05) is 13.1 Å². The molecule has 0 unspecified atom stereocenters. The summed E-state index contributed by atoms with van der Waals surface area (Å²) in [4.78, 5) is 8.69. The highest BCUT2D eigenvalue weighted by Gasteiger charge is 2.01. The molecule has 0 radical (unpaired) electrons. The molecule has 1 aromatic carbocycles. The molecule has 116 valence electrons. The van der Waals surface area contributed by atoms with Crippen molar-refractivity contribution >= 4 is 5.96 Å². The Hall–Kier alpha value is -2.43. The van der Waals surface area contributed by atoms with E-state index in [-0.39, 0.29) is 5.82 Å². The van der Waals surface area contributed by atoms with Gasteiger partial charge in [-0.3, -0.25) is 4.98 Å². The van der Waals surface area contributed by atoms with Crippen molar-refractivity contribution in [3.8, 4) is 0 Å². The number of guanidine groups is 1. The third kappa shape index (κ3) is 5.16. The third-order valence-corrected chi connectivity index (χ3v) is 3.11. The number of aliphatic imine (C=N–C) groups is 1.